The lowest BCUT2D eigenvalue weighted by Crippen LogP contribution is -2.42. The largest absolute Gasteiger partial charge is 0.507 e. The van der Waals surface area contributed by atoms with Crippen molar-refractivity contribution in [2.45, 2.75) is 19.0 Å². The van der Waals surface area contributed by atoms with E-state index in [1.807, 2.05) is 22.6 Å². The standard InChI is InChI=1S/C12H11F3INO2/c13-12(14,15)11(19)17-5-3-7-1-2-9(16)10(18)8(7)4-6-17/h1-2,18H,3-6H2. The molecule has 1 amide bonds. The Morgan fingerprint density at radius 2 is 1.89 bits per heavy atom. The number of rotatable bonds is 0. The number of phenols is 1. The molecular weight excluding hydrogens is 374 g/mol. The molecule has 0 saturated heterocycles. The van der Waals surface area contributed by atoms with Crippen LogP contribution in [0.2, 0.25) is 0 Å². The second-order valence-electron chi connectivity index (χ2n) is 4.32. The number of nitrogens with zero attached hydrogens (tertiary/aromatic N) is 1. The molecule has 19 heavy (non-hydrogen) atoms. The van der Waals surface area contributed by atoms with E-state index in [0.717, 1.165) is 10.5 Å². The van der Waals surface area contributed by atoms with Crippen molar-refractivity contribution in [2.24, 2.45) is 0 Å². The lowest BCUT2D eigenvalue weighted by atomic mass is 10.0. The van der Waals surface area contributed by atoms with Gasteiger partial charge >= 0.3 is 12.1 Å². The Balaban J connectivity index is 2.22. The minimum Gasteiger partial charge on any atom is -0.507 e. The van der Waals surface area contributed by atoms with Crippen LogP contribution >= 0.6 is 22.6 Å². The number of fused-ring (bicyclic) bond motifs is 1. The summed E-state index contributed by atoms with van der Waals surface area (Å²) in [4.78, 5) is 12.0. The van der Waals surface area contributed by atoms with E-state index in [1.54, 1.807) is 12.1 Å². The first kappa shape index (κ1) is 14.4. The summed E-state index contributed by atoms with van der Waals surface area (Å²) in [6.07, 6.45) is -4.28. The van der Waals surface area contributed by atoms with Crippen molar-refractivity contribution in [3.05, 3.63) is 26.8 Å². The lowest BCUT2D eigenvalue weighted by Gasteiger charge is -2.21. The van der Waals surface area contributed by atoms with Crippen LogP contribution in [-0.4, -0.2) is 35.2 Å². The van der Waals surface area contributed by atoms with Gasteiger partial charge in [0.15, 0.2) is 0 Å². The van der Waals surface area contributed by atoms with Crippen LogP contribution in [0.15, 0.2) is 12.1 Å². The number of amides is 1. The number of aromatic hydroxyl groups is 1. The molecule has 3 nitrogen and oxygen atoms in total. The maximum absolute atomic E-state index is 12.4. The summed E-state index contributed by atoms with van der Waals surface area (Å²) in [7, 11) is 0. The Labute approximate surface area is 121 Å². The SMILES string of the molecule is O=C(N1CCc2ccc(I)c(O)c2CC1)C(F)(F)F. The molecular formula is C12H11F3INO2. The van der Waals surface area contributed by atoms with Crippen LogP contribution in [0.1, 0.15) is 11.1 Å². The fourth-order valence-corrected chi connectivity index (χ4v) is 2.66. The van der Waals surface area contributed by atoms with E-state index >= 15 is 0 Å². The Kier molecular flexibility index (Phi) is 3.93. The number of carbonyl (C=O) groups excluding carboxylic acids is 1. The highest BCUT2D eigenvalue weighted by atomic mass is 127. The first-order valence-corrected chi connectivity index (χ1v) is 6.74. The zero-order valence-electron chi connectivity index (χ0n) is 9.80. The van der Waals surface area contributed by atoms with Gasteiger partial charge in [0.25, 0.3) is 0 Å². The highest BCUT2D eigenvalue weighted by molar-refractivity contribution is 14.1. The first-order chi connectivity index (χ1) is 8.80. The van der Waals surface area contributed by atoms with Crippen LogP contribution in [0, 0.1) is 3.57 Å². The molecule has 0 atom stereocenters. The molecule has 0 fully saturated rings. The van der Waals surface area contributed by atoms with Crippen molar-refractivity contribution < 1.29 is 23.1 Å². The van der Waals surface area contributed by atoms with Crippen LogP contribution in [0.5, 0.6) is 5.75 Å². The minimum absolute atomic E-state index is 0.0192. The summed E-state index contributed by atoms with van der Waals surface area (Å²) in [5, 5.41) is 9.92. The van der Waals surface area contributed by atoms with Crippen molar-refractivity contribution in [2.75, 3.05) is 13.1 Å². The summed E-state index contributed by atoms with van der Waals surface area (Å²) in [6, 6.07) is 3.51. The van der Waals surface area contributed by atoms with Gasteiger partial charge in [0, 0.05) is 13.1 Å². The first-order valence-electron chi connectivity index (χ1n) is 5.66. The number of carbonyl (C=O) groups is 1. The highest BCUT2D eigenvalue weighted by Crippen LogP contribution is 2.30. The van der Waals surface area contributed by atoms with Crippen molar-refractivity contribution in [1.29, 1.82) is 0 Å². The predicted octanol–water partition coefficient (Wildman–Crippen LogP) is 2.49. The number of halogens is 4. The summed E-state index contributed by atoms with van der Waals surface area (Å²) >= 11 is 1.96. The average Bonchev–Trinajstić information content (AvgIpc) is 2.54. The van der Waals surface area contributed by atoms with Crippen molar-refractivity contribution >= 4 is 28.5 Å². The quantitative estimate of drug-likeness (QED) is 0.698. The van der Waals surface area contributed by atoms with Crippen molar-refractivity contribution in [1.82, 2.24) is 4.90 Å². The molecule has 2 rings (SSSR count). The Morgan fingerprint density at radius 3 is 2.53 bits per heavy atom. The van der Waals surface area contributed by atoms with E-state index in [-0.39, 0.29) is 25.3 Å². The number of benzene rings is 1. The molecule has 0 spiro atoms. The van der Waals surface area contributed by atoms with E-state index < -0.39 is 12.1 Å². The highest BCUT2D eigenvalue weighted by Gasteiger charge is 2.42. The van der Waals surface area contributed by atoms with Gasteiger partial charge in [-0.25, -0.2) is 0 Å². The molecule has 7 heteroatoms. The van der Waals surface area contributed by atoms with Gasteiger partial charge in [-0.1, -0.05) is 6.07 Å². The topological polar surface area (TPSA) is 40.5 Å². The zero-order valence-corrected chi connectivity index (χ0v) is 12.0. The van der Waals surface area contributed by atoms with Crippen LogP contribution in [0.25, 0.3) is 0 Å². The number of alkyl halides is 3. The molecule has 0 saturated carbocycles. The summed E-state index contributed by atoms with van der Waals surface area (Å²) in [6.45, 7) is -0.00955. The van der Waals surface area contributed by atoms with Gasteiger partial charge in [-0.05, 0) is 52.6 Å². The van der Waals surface area contributed by atoms with Crippen LogP contribution in [-0.2, 0) is 17.6 Å². The zero-order chi connectivity index (χ0) is 14.2. The third kappa shape index (κ3) is 2.96. The van der Waals surface area contributed by atoms with Gasteiger partial charge < -0.3 is 10.0 Å². The maximum Gasteiger partial charge on any atom is 0.471 e. The molecule has 0 bridgehead atoms. The number of hydrogen-bond acceptors (Lipinski definition) is 2. The Hall–Kier alpha value is -0.990. The van der Waals surface area contributed by atoms with E-state index in [2.05, 4.69) is 0 Å². The molecule has 0 unspecified atom stereocenters. The number of phenolic OH excluding ortho intramolecular Hbond substituents is 1. The molecule has 0 aliphatic carbocycles. The van der Waals surface area contributed by atoms with Gasteiger partial charge in [0.2, 0.25) is 0 Å². The molecule has 104 valence electrons. The molecule has 1 aliphatic rings. The second kappa shape index (κ2) is 5.18. The summed E-state index contributed by atoms with van der Waals surface area (Å²) < 4.78 is 37.8. The van der Waals surface area contributed by atoms with Crippen LogP contribution in [0.4, 0.5) is 13.2 Å². The third-order valence-corrected chi connectivity index (χ3v) is 4.01. The molecule has 0 radical (unpaired) electrons. The Bertz CT molecular complexity index is 516. The van der Waals surface area contributed by atoms with Gasteiger partial charge in [-0.15, -0.1) is 0 Å². The van der Waals surface area contributed by atoms with Gasteiger partial charge in [-0.3, -0.25) is 4.79 Å². The van der Waals surface area contributed by atoms with E-state index in [1.165, 1.54) is 0 Å². The van der Waals surface area contributed by atoms with Crippen LogP contribution in [0.3, 0.4) is 0 Å². The second-order valence-corrected chi connectivity index (χ2v) is 5.49. The number of hydrogen-bond donors (Lipinski definition) is 1. The predicted molar refractivity (Wildman–Crippen MR) is 70.9 cm³/mol. The van der Waals surface area contributed by atoms with Gasteiger partial charge in [-0.2, -0.15) is 13.2 Å². The molecule has 1 aromatic carbocycles. The van der Waals surface area contributed by atoms with Crippen molar-refractivity contribution in [3.8, 4) is 5.75 Å². The van der Waals surface area contributed by atoms with E-state index in [9.17, 15) is 23.1 Å². The van der Waals surface area contributed by atoms with E-state index in [0.29, 0.717) is 15.6 Å². The average molecular weight is 385 g/mol. The molecule has 1 N–H and O–H groups in total. The van der Waals surface area contributed by atoms with E-state index in [4.69, 9.17) is 0 Å². The third-order valence-electron chi connectivity index (χ3n) is 3.14. The fourth-order valence-electron chi connectivity index (χ4n) is 2.16. The molecule has 1 aliphatic heterocycles. The fraction of sp³-hybridized carbons (Fsp3) is 0.417. The van der Waals surface area contributed by atoms with Gasteiger partial charge in [0.1, 0.15) is 5.75 Å². The van der Waals surface area contributed by atoms with Crippen molar-refractivity contribution in [3.63, 3.8) is 0 Å². The summed E-state index contributed by atoms with van der Waals surface area (Å²) in [5.41, 5.74) is 1.44. The Morgan fingerprint density at radius 1 is 1.26 bits per heavy atom. The molecule has 1 aromatic rings. The normalized spacial score (nSPS) is 15.9. The molecule has 1 heterocycles. The monoisotopic (exact) mass is 385 g/mol. The maximum atomic E-state index is 12.4. The van der Waals surface area contributed by atoms with Gasteiger partial charge in [0.05, 0.1) is 3.57 Å². The smallest absolute Gasteiger partial charge is 0.471 e. The van der Waals surface area contributed by atoms with Crippen LogP contribution < -0.4 is 0 Å². The lowest BCUT2D eigenvalue weighted by molar-refractivity contribution is -0.185. The summed E-state index contributed by atoms with van der Waals surface area (Å²) in [5.74, 6) is -1.70. The minimum atomic E-state index is -4.84. The molecule has 0 aromatic heterocycles.